The highest BCUT2D eigenvalue weighted by molar-refractivity contribution is 6.17. The Balaban J connectivity index is 2.17. The number of rotatable bonds is 4. The number of halogens is 2. The van der Waals surface area contributed by atoms with Gasteiger partial charge in [0.05, 0.1) is 17.5 Å². The topological polar surface area (TPSA) is 33.0 Å². The van der Waals surface area contributed by atoms with E-state index in [1.54, 1.807) is 6.07 Å². The Morgan fingerprint density at radius 3 is 2.75 bits per heavy atom. The van der Waals surface area contributed by atoms with E-state index >= 15 is 0 Å². The van der Waals surface area contributed by atoms with Crippen LogP contribution in [0.15, 0.2) is 36.4 Å². The second-order valence-electron chi connectivity index (χ2n) is 4.49. The summed E-state index contributed by atoms with van der Waals surface area (Å²) in [7, 11) is 0. The monoisotopic (exact) mass is 289 g/mol. The van der Waals surface area contributed by atoms with E-state index in [2.05, 4.69) is 0 Å². The van der Waals surface area contributed by atoms with Crippen LogP contribution >= 0.6 is 11.6 Å². The maximum Gasteiger partial charge on any atom is 0.124 e. The lowest BCUT2D eigenvalue weighted by Crippen LogP contribution is -1.99. The smallest absolute Gasteiger partial charge is 0.124 e. The molecule has 0 spiro atoms. The second-order valence-corrected chi connectivity index (χ2v) is 4.76. The summed E-state index contributed by atoms with van der Waals surface area (Å²) in [6.07, 6.45) is 0. The summed E-state index contributed by atoms with van der Waals surface area (Å²) in [4.78, 5) is 0. The molecule has 2 rings (SSSR count). The lowest BCUT2D eigenvalue weighted by molar-refractivity contribution is 0.303. The molecule has 0 radical (unpaired) electrons. The Morgan fingerprint density at radius 1 is 1.25 bits per heavy atom. The molecule has 4 heteroatoms. The van der Waals surface area contributed by atoms with Crippen LogP contribution in [0.5, 0.6) is 5.75 Å². The van der Waals surface area contributed by atoms with Gasteiger partial charge < -0.3 is 4.74 Å². The van der Waals surface area contributed by atoms with E-state index in [1.165, 1.54) is 12.1 Å². The Kier molecular flexibility index (Phi) is 4.60. The van der Waals surface area contributed by atoms with Crippen LogP contribution in [-0.2, 0) is 12.5 Å². The summed E-state index contributed by atoms with van der Waals surface area (Å²) in [5, 5.41) is 8.81. The standard InChI is InChI=1S/C16H13ClFNO/c1-11-2-3-16(14(4-11)8-17)20-10-13-5-12(9-19)6-15(18)7-13/h2-7H,8,10H2,1H3. The van der Waals surface area contributed by atoms with Crippen molar-refractivity contribution < 1.29 is 9.13 Å². The Hall–Kier alpha value is -2.05. The van der Waals surface area contributed by atoms with Crippen LogP contribution in [-0.4, -0.2) is 0 Å². The van der Waals surface area contributed by atoms with Crippen molar-refractivity contribution in [1.82, 2.24) is 0 Å². The SMILES string of the molecule is Cc1ccc(OCc2cc(F)cc(C#N)c2)c(CCl)c1. The molecule has 0 unspecified atom stereocenters. The average Bonchev–Trinajstić information content (AvgIpc) is 2.45. The van der Waals surface area contributed by atoms with E-state index in [4.69, 9.17) is 21.6 Å². The van der Waals surface area contributed by atoms with Crippen LogP contribution < -0.4 is 4.74 Å². The summed E-state index contributed by atoms with van der Waals surface area (Å²) in [6.45, 7) is 2.17. The summed E-state index contributed by atoms with van der Waals surface area (Å²) >= 11 is 5.88. The molecular formula is C16H13ClFNO. The zero-order valence-corrected chi connectivity index (χ0v) is 11.7. The summed E-state index contributed by atoms with van der Waals surface area (Å²) in [5.41, 5.74) is 2.89. The maximum absolute atomic E-state index is 13.3. The highest BCUT2D eigenvalue weighted by Crippen LogP contribution is 2.23. The highest BCUT2D eigenvalue weighted by atomic mass is 35.5. The van der Waals surface area contributed by atoms with Gasteiger partial charge in [-0.3, -0.25) is 0 Å². The predicted octanol–water partition coefficient (Wildman–Crippen LogP) is 4.32. The van der Waals surface area contributed by atoms with E-state index in [0.29, 0.717) is 17.2 Å². The van der Waals surface area contributed by atoms with E-state index in [-0.39, 0.29) is 12.2 Å². The van der Waals surface area contributed by atoms with Crippen molar-refractivity contribution in [2.75, 3.05) is 0 Å². The van der Waals surface area contributed by atoms with Gasteiger partial charge in [-0.05, 0) is 36.8 Å². The first-order valence-electron chi connectivity index (χ1n) is 6.10. The molecule has 102 valence electrons. The van der Waals surface area contributed by atoms with Crippen LogP contribution in [0.3, 0.4) is 0 Å². The third-order valence-corrected chi connectivity index (χ3v) is 3.13. The van der Waals surface area contributed by atoms with Crippen LogP contribution in [0.4, 0.5) is 4.39 Å². The van der Waals surface area contributed by atoms with E-state index in [0.717, 1.165) is 11.1 Å². The molecule has 0 aliphatic carbocycles. The van der Waals surface area contributed by atoms with E-state index in [1.807, 2.05) is 31.2 Å². The molecule has 0 aliphatic heterocycles. The van der Waals surface area contributed by atoms with Gasteiger partial charge in [-0.15, -0.1) is 11.6 Å². The Morgan fingerprint density at radius 2 is 2.05 bits per heavy atom. The fourth-order valence-electron chi connectivity index (χ4n) is 1.91. The fourth-order valence-corrected chi connectivity index (χ4v) is 2.12. The van der Waals surface area contributed by atoms with Crippen molar-refractivity contribution in [3.05, 3.63) is 64.5 Å². The molecule has 2 aromatic carbocycles. The molecule has 0 saturated heterocycles. The third kappa shape index (κ3) is 3.49. The molecule has 0 aromatic heterocycles. The van der Waals surface area contributed by atoms with E-state index < -0.39 is 5.82 Å². The number of aryl methyl sites for hydroxylation is 1. The minimum atomic E-state index is -0.441. The average molecular weight is 290 g/mol. The van der Waals surface area contributed by atoms with Gasteiger partial charge in [0.25, 0.3) is 0 Å². The largest absolute Gasteiger partial charge is 0.489 e. The van der Waals surface area contributed by atoms with E-state index in [9.17, 15) is 4.39 Å². The quantitative estimate of drug-likeness (QED) is 0.785. The van der Waals surface area contributed by atoms with Crippen molar-refractivity contribution in [2.45, 2.75) is 19.4 Å². The number of alkyl halides is 1. The fraction of sp³-hybridized carbons (Fsp3) is 0.188. The molecule has 0 aliphatic rings. The van der Waals surface area contributed by atoms with Crippen molar-refractivity contribution in [3.8, 4) is 11.8 Å². The third-order valence-electron chi connectivity index (χ3n) is 2.84. The number of nitriles is 1. The zero-order chi connectivity index (χ0) is 14.5. The van der Waals surface area contributed by atoms with Gasteiger partial charge >= 0.3 is 0 Å². The van der Waals surface area contributed by atoms with Crippen LogP contribution in [0.25, 0.3) is 0 Å². The van der Waals surface area contributed by atoms with Gasteiger partial charge in [0.15, 0.2) is 0 Å². The molecular weight excluding hydrogens is 277 g/mol. The Labute approximate surface area is 122 Å². The molecule has 2 nitrogen and oxygen atoms in total. The number of hydrogen-bond donors (Lipinski definition) is 0. The van der Waals surface area contributed by atoms with Gasteiger partial charge in [0, 0.05) is 5.56 Å². The lowest BCUT2D eigenvalue weighted by Gasteiger charge is -2.11. The zero-order valence-electron chi connectivity index (χ0n) is 11.0. The van der Waals surface area contributed by atoms with Crippen molar-refractivity contribution in [3.63, 3.8) is 0 Å². The second kappa shape index (κ2) is 6.40. The number of hydrogen-bond acceptors (Lipinski definition) is 2. The molecule has 20 heavy (non-hydrogen) atoms. The van der Waals surface area contributed by atoms with Gasteiger partial charge in [-0.2, -0.15) is 5.26 Å². The number of ether oxygens (including phenoxy) is 1. The van der Waals surface area contributed by atoms with Crippen molar-refractivity contribution in [2.24, 2.45) is 0 Å². The molecule has 0 fully saturated rings. The number of nitrogens with zero attached hydrogens (tertiary/aromatic N) is 1. The first kappa shape index (κ1) is 14.4. The predicted molar refractivity (Wildman–Crippen MR) is 76.2 cm³/mol. The molecule has 0 saturated carbocycles. The first-order valence-corrected chi connectivity index (χ1v) is 6.63. The van der Waals surface area contributed by atoms with Gasteiger partial charge in [0.2, 0.25) is 0 Å². The summed E-state index contributed by atoms with van der Waals surface area (Å²) < 4.78 is 19.0. The molecule has 0 amide bonds. The molecule has 2 aromatic rings. The van der Waals surface area contributed by atoms with Gasteiger partial charge in [-0.1, -0.05) is 17.7 Å². The van der Waals surface area contributed by atoms with Gasteiger partial charge in [0.1, 0.15) is 18.2 Å². The summed E-state index contributed by atoms with van der Waals surface area (Å²) in [6, 6.07) is 11.8. The normalized spacial score (nSPS) is 10.1. The van der Waals surface area contributed by atoms with Crippen LogP contribution in [0.2, 0.25) is 0 Å². The van der Waals surface area contributed by atoms with Crippen molar-refractivity contribution >= 4 is 11.6 Å². The van der Waals surface area contributed by atoms with Gasteiger partial charge in [-0.25, -0.2) is 4.39 Å². The molecule has 0 N–H and O–H groups in total. The summed E-state index contributed by atoms with van der Waals surface area (Å²) in [5.74, 6) is 0.585. The maximum atomic E-state index is 13.3. The molecule has 0 heterocycles. The highest BCUT2D eigenvalue weighted by Gasteiger charge is 2.05. The minimum absolute atomic E-state index is 0.194. The van der Waals surface area contributed by atoms with Crippen molar-refractivity contribution in [1.29, 1.82) is 5.26 Å². The minimum Gasteiger partial charge on any atom is -0.489 e. The van der Waals surface area contributed by atoms with Crippen LogP contribution in [0, 0.1) is 24.1 Å². The first-order chi connectivity index (χ1) is 9.62. The lowest BCUT2D eigenvalue weighted by atomic mass is 10.1. The Bertz CT molecular complexity index is 664. The number of benzene rings is 2. The van der Waals surface area contributed by atoms with Crippen LogP contribution in [0.1, 0.15) is 22.3 Å². The molecule has 0 atom stereocenters. The molecule has 0 bridgehead atoms.